The zero-order valence-electron chi connectivity index (χ0n) is 25.2. The van der Waals surface area contributed by atoms with E-state index in [4.69, 9.17) is 0 Å². The summed E-state index contributed by atoms with van der Waals surface area (Å²) < 4.78 is 15.5. The lowest BCUT2D eigenvalue weighted by Gasteiger charge is -2.44. The zero-order valence-corrected chi connectivity index (χ0v) is 25.2. The van der Waals surface area contributed by atoms with Crippen molar-refractivity contribution < 1.29 is 14.0 Å². The van der Waals surface area contributed by atoms with Gasteiger partial charge in [0.15, 0.2) is 0 Å². The Morgan fingerprint density at radius 2 is 1.58 bits per heavy atom. The molecule has 1 aromatic heterocycles. The van der Waals surface area contributed by atoms with Crippen LogP contribution < -0.4 is 15.8 Å². The first-order valence-corrected chi connectivity index (χ1v) is 15.9. The summed E-state index contributed by atoms with van der Waals surface area (Å²) in [6, 6.07) is 27.0. The summed E-state index contributed by atoms with van der Waals surface area (Å²) in [5, 5.41) is 3.04. The molecule has 8 heteroatoms. The highest BCUT2D eigenvalue weighted by atomic mass is 19.1. The number of likely N-dealkylation sites (tertiary alicyclic amines) is 1. The molecular weight excluding hydrogens is 567 g/mol. The number of anilines is 2. The third kappa shape index (κ3) is 6.14. The average molecular weight is 605 g/mol. The first-order valence-electron chi connectivity index (χ1n) is 15.9. The lowest BCUT2D eigenvalue weighted by atomic mass is 9.83. The maximum atomic E-state index is 13.8. The normalized spacial score (nSPS) is 19.6. The van der Waals surface area contributed by atoms with Gasteiger partial charge in [-0.1, -0.05) is 36.4 Å². The van der Waals surface area contributed by atoms with E-state index in [1.54, 1.807) is 12.1 Å². The van der Waals surface area contributed by atoms with Crippen molar-refractivity contribution >= 4 is 23.2 Å². The van der Waals surface area contributed by atoms with E-state index in [-0.39, 0.29) is 29.2 Å². The molecule has 4 heterocycles. The number of benzene rings is 3. The van der Waals surface area contributed by atoms with Crippen molar-refractivity contribution in [2.75, 3.05) is 36.4 Å². The van der Waals surface area contributed by atoms with E-state index in [0.29, 0.717) is 48.9 Å². The molecule has 2 fully saturated rings. The van der Waals surface area contributed by atoms with Gasteiger partial charge in [0.1, 0.15) is 5.82 Å². The summed E-state index contributed by atoms with van der Waals surface area (Å²) in [6.45, 7) is 3.49. The lowest BCUT2D eigenvalue weighted by molar-refractivity contribution is 0.0690. The molecule has 7 nitrogen and oxygen atoms in total. The van der Waals surface area contributed by atoms with Crippen LogP contribution in [0.5, 0.6) is 0 Å². The smallest absolute Gasteiger partial charge is 0.255 e. The van der Waals surface area contributed by atoms with Gasteiger partial charge in [-0.3, -0.25) is 14.4 Å². The molecule has 0 radical (unpaired) electrons. The fourth-order valence-corrected chi connectivity index (χ4v) is 7.40. The highest BCUT2D eigenvalue weighted by Gasteiger charge is 2.35. The quantitative estimate of drug-likeness (QED) is 0.295. The van der Waals surface area contributed by atoms with Gasteiger partial charge in [0.2, 0.25) is 0 Å². The van der Waals surface area contributed by atoms with Crippen molar-refractivity contribution in [3.05, 3.63) is 130 Å². The molecular formula is C37H37FN4O3. The van der Waals surface area contributed by atoms with Crippen molar-refractivity contribution in [3.8, 4) is 0 Å². The standard InChI is InChI=1S/C37H37FN4O3/c38-31-12-9-28(10-13-31)36(44)39-32-21-29(37(45)40-17-15-26(16-18-40)19-25-5-2-1-3-6-25)11-14-34(32)41-22-27-20-30(24-41)33-7-4-8-35(43)42(33)23-27/h1-14,21,26-27,30H,15-20,22-24H2,(H,39,44)/t27-,30+/m1/s1. The number of piperidine rings is 2. The fourth-order valence-electron chi connectivity index (χ4n) is 7.40. The third-order valence-electron chi connectivity index (χ3n) is 9.69. The minimum Gasteiger partial charge on any atom is -0.369 e. The van der Waals surface area contributed by atoms with Gasteiger partial charge in [-0.05, 0) is 91.6 Å². The first kappa shape index (κ1) is 29.0. The van der Waals surface area contributed by atoms with Gasteiger partial charge < -0.3 is 19.7 Å². The largest absolute Gasteiger partial charge is 0.369 e. The Balaban J connectivity index is 1.13. The number of hydrogen-bond acceptors (Lipinski definition) is 4. The number of carbonyl (C=O) groups excluding carboxylic acids is 2. The van der Waals surface area contributed by atoms with Crippen molar-refractivity contribution in [3.63, 3.8) is 0 Å². The van der Waals surface area contributed by atoms with Crippen LogP contribution in [0.2, 0.25) is 0 Å². The van der Waals surface area contributed by atoms with Crippen LogP contribution in [0.1, 0.15) is 57.2 Å². The van der Waals surface area contributed by atoms with Crippen LogP contribution in [0.25, 0.3) is 0 Å². The number of amides is 2. The van der Waals surface area contributed by atoms with Crippen LogP contribution in [0, 0.1) is 17.7 Å². The van der Waals surface area contributed by atoms with Crippen LogP contribution in [-0.2, 0) is 13.0 Å². The molecule has 7 rings (SSSR count). The Kier molecular flexibility index (Phi) is 7.96. The van der Waals surface area contributed by atoms with Crippen molar-refractivity contribution in [2.24, 2.45) is 11.8 Å². The Morgan fingerprint density at radius 3 is 2.36 bits per heavy atom. The SMILES string of the molecule is O=C(Nc1cc(C(=O)N2CCC(Cc3ccccc3)CC2)ccc1N1C[C@H]2C[C@@H](C1)c1cccc(=O)n1C2)c1ccc(F)cc1. The second kappa shape index (κ2) is 12.3. The van der Waals surface area contributed by atoms with E-state index in [1.807, 2.05) is 39.8 Å². The maximum absolute atomic E-state index is 13.8. The molecule has 0 saturated carbocycles. The molecule has 4 aromatic rings. The second-order valence-electron chi connectivity index (χ2n) is 12.7. The molecule has 3 aliphatic rings. The monoisotopic (exact) mass is 604 g/mol. The summed E-state index contributed by atoms with van der Waals surface area (Å²) in [5.74, 6) is 0.203. The van der Waals surface area contributed by atoms with Crippen LogP contribution in [0.4, 0.5) is 15.8 Å². The van der Waals surface area contributed by atoms with Gasteiger partial charge in [-0.15, -0.1) is 0 Å². The van der Waals surface area contributed by atoms with Crippen LogP contribution >= 0.6 is 0 Å². The average Bonchev–Trinajstić information content (AvgIpc) is 3.06. The van der Waals surface area contributed by atoms with E-state index in [1.165, 1.54) is 29.8 Å². The molecule has 2 amide bonds. The molecule has 2 atom stereocenters. The van der Waals surface area contributed by atoms with Crippen LogP contribution in [-0.4, -0.2) is 47.5 Å². The third-order valence-corrected chi connectivity index (χ3v) is 9.69. The summed E-state index contributed by atoms with van der Waals surface area (Å²) in [5.41, 5.74) is 4.67. The van der Waals surface area contributed by atoms with Crippen LogP contribution in [0.3, 0.4) is 0 Å². The molecule has 2 saturated heterocycles. The minimum absolute atomic E-state index is 0.0369. The molecule has 0 spiro atoms. The van der Waals surface area contributed by atoms with Gasteiger partial charge in [-0.2, -0.15) is 0 Å². The van der Waals surface area contributed by atoms with Crippen molar-refractivity contribution in [2.45, 2.75) is 38.1 Å². The topological polar surface area (TPSA) is 74.7 Å². The molecule has 2 bridgehead atoms. The molecule has 3 aliphatic heterocycles. The number of halogens is 1. The molecule has 0 unspecified atom stereocenters. The number of hydrogen-bond donors (Lipinski definition) is 1. The summed E-state index contributed by atoms with van der Waals surface area (Å²) in [4.78, 5) is 43.8. The van der Waals surface area contributed by atoms with Gasteiger partial charge in [0.25, 0.3) is 17.4 Å². The number of aromatic nitrogens is 1. The van der Waals surface area contributed by atoms with E-state index in [9.17, 15) is 18.8 Å². The first-order chi connectivity index (χ1) is 21.9. The summed E-state index contributed by atoms with van der Waals surface area (Å²) in [6.07, 6.45) is 3.93. The van der Waals surface area contributed by atoms with E-state index in [0.717, 1.165) is 43.6 Å². The minimum atomic E-state index is -0.411. The molecule has 3 aromatic carbocycles. The van der Waals surface area contributed by atoms with E-state index in [2.05, 4.69) is 34.5 Å². The predicted molar refractivity (Wildman–Crippen MR) is 173 cm³/mol. The highest BCUT2D eigenvalue weighted by molar-refractivity contribution is 6.07. The fraction of sp³-hybridized carbons (Fsp3) is 0.324. The lowest BCUT2D eigenvalue weighted by Crippen LogP contribution is -2.47. The van der Waals surface area contributed by atoms with E-state index < -0.39 is 5.82 Å². The summed E-state index contributed by atoms with van der Waals surface area (Å²) >= 11 is 0. The van der Waals surface area contributed by atoms with Gasteiger partial charge in [0.05, 0.1) is 11.4 Å². The second-order valence-corrected chi connectivity index (χ2v) is 12.7. The van der Waals surface area contributed by atoms with E-state index >= 15 is 0 Å². The predicted octanol–water partition coefficient (Wildman–Crippen LogP) is 5.96. The van der Waals surface area contributed by atoms with Gasteiger partial charge >= 0.3 is 0 Å². The number of rotatable bonds is 6. The Hall–Kier alpha value is -4.72. The number of fused-ring (bicyclic) bond motifs is 4. The zero-order chi connectivity index (χ0) is 30.9. The summed E-state index contributed by atoms with van der Waals surface area (Å²) in [7, 11) is 0. The van der Waals surface area contributed by atoms with Gasteiger partial charge in [-0.25, -0.2) is 4.39 Å². The number of nitrogens with one attached hydrogen (secondary N) is 1. The maximum Gasteiger partial charge on any atom is 0.255 e. The Bertz CT molecular complexity index is 1760. The Morgan fingerprint density at radius 1 is 0.822 bits per heavy atom. The van der Waals surface area contributed by atoms with Crippen molar-refractivity contribution in [1.82, 2.24) is 9.47 Å². The number of carbonyl (C=O) groups is 2. The highest BCUT2D eigenvalue weighted by Crippen LogP contribution is 2.39. The molecule has 1 N–H and O–H groups in total. The van der Waals surface area contributed by atoms with Crippen LogP contribution in [0.15, 0.2) is 95.8 Å². The number of nitrogens with zero attached hydrogens (tertiary/aromatic N) is 3. The van der Waals surface area contributed by atoms with Crippen molar-refractivity contribution in [1.29, 1.82) is 0 Å². The number of pyridine rings is 1. The van der Waals surface area contributed by atoms with Gasteiger partial charge in [0, 0.05) is 61.5 Å². The molecule has 0 aliphatic carbocycles. The molecule has 45 heavy (non-hydrogen) atoms. The Labute approximate surface area is 262 Å². The molecule has 230 valence electrons.